The van der Waals surface area contributed by atoms with E-state index >= 15 is 0 Å². The van der Waals surface area contributed by atoms with Gasteiger partial charge in [-0.25, -0.2) is 8.42 Å². The van der Waals surface area contributed by atoms with Crippen molar-refractivity contribution >= 4 is 21.7 Å². The second-order valence-electron chi connectivity index (χ2n) is 8.07. The van der Waals surface area contributed by atoms with E-state index in [-0.39, 0.29) is 4.90 Å². The maximum atomic E-state index is 12.7. The molecule has 0 spiro atoms. The minimum absolute atomic E-state index is 0.203. The van der Waals surface area contributed by atoms with Gasteiger partial charge in [0.1, 0.15) is 0 Å². The summed E-state index contributed by atoms with van der Waals surface area (Å²) in [5, 5.41) is 9.57. The highest BCUT2D eigenvalue weighted by Gasteiger charge is 2.18. The van der Waals surface area contributed by atoms with Gasteiger partial charge in [0.25, 0.3) is 10.0 Å². The number of benzene rings is 3. The van der Waals surface area contributed by atoms with Crippen molar-refractivity contribution in [3.8, 4) is 0 Å². The molecule has 0 aliphatic rings. The number of sulfonamides is 1. The van der Waals surface area contributed by atoms with E-state index in [9.17, 15) is 18.3 Å². The molecule has 0 heterocycles. The van der Waals surface area contributed by atoms with Gasteiger partial charge in [0.05, 0.1) is 10.8 Å². The zero-order valence-electron chi connectivity index (χ0n) is 18.2. The first-order valence-corrected chi connectivity index (χ1v) is 12.3. The summed E-state index contributed by atoms with van der Waals surface area (Å²) in [4.78, 5) is 11.9. The van der Waals surface area contributed by atoms with E-state index in [1.807, 2.05) is 55.5 Å². The fourth-order valence-corrected chi connectivity index (χ4v) is 4.76. The standard InChI is InChI=1S/C26H29NO4S/c1-20-13-17-24(18-14-20)27-32(30,31)25-12-6-10-22(19-25)9-5-11-23(26(28)29)16-15-21-7-3-2-4-8-21/h2-4,6-8,10,12-14,17-19,23,27H,5,9,11,15-16H2,1H3,(H,28,29). The fraction of sp³-hybridized carbons (Fsp3) is 0.269. The number of hydrogen-bond donors (Lipinski definition) is 2. The monoisotopic (exact) mass is 451 g/mol. The maximum Gasteiger partial charge on any atom is 0.306 e. The van der Waals surface area contributed by atoms with Gasteiger partial charge in [-0.15, -0.1) is 0 Å². The number of carboxylic acids is 1. The molecule has 0 aliphatic carbocycles. The van der Waals surface area contributed by atoms with Crippen molar-refractivity contribution in [3.05, 3.63) is 95.6 Å². The Morgan fingerprint density at radius 3 is 2.25 bits per heavy atom. The van der Waals surface area contributed by atoms with Gasteiger partial charge in [-0.2, -0.15) is 0 Å². The number of aryl methyl sites for hydroxylation is 3. The van der Waals surface area contributed by atoms with Gasteiger partial charge in [-0.05, 0) is 74.4 Å². The number of aliphatic carboxylic acids is 1. The Balaban J connectivity index is 1.57. The molecule has 3 aromatic carbocycles. The summed E-state index contributed by atoms with van der Waals surface area (Å²) in [5.74, 6) is -1.19. The van der Waals surface area contributed by atoms with Crippen LogP contribution in [0.4, 0.5) is 5.69 Å². The van der Waals surface area contributed by atoms with E-state index in [4.69, 9.17) is 0 Å². The van der Waals surface area contributed by atoms with Crippen LogP contribution in [0.15, 0.2) is 83.8 Å². The van der Waals surface area contributed by atoms with E-state index in [2.05, 4.69) is 4.72 Å². The average Bonchev–Trinajstić information content (AvgIpc) is 2.78. The zero-order valence-corrected chi connectivity index (χ0v) is 19.0. The summed E-state index contributed by atoms with van der Waals surface area (Å²) < 4.78 is 28.1. The van der Waals surface area contributed by atoms with E-state index in [0.29, 0.717) is 31.4 Å². The minimum atomic E-state index is -3.69. The van der Waals surface area contributed by atoms with Crippen molar-refractivity contribution in [2.24, 2.45) is 5.92 Å². The first kappa shape index (κ1) is 23.5. The number of anilines is 1. The molecule has 168 valence electrons. The minimum Gasteiger partial charge on any atom is -0.481 e. The molecule has 2 N–H and O–H groups in total. The van der Waals surface area contributed by atoms with Gasteiger partial charge in [0.2, 0.25) is 0 Å². The van der Waals surface area contributed by atoms with Crippen LogP contribution in [0.5, 0.6) is 0 Å². The van der Waals surface area contributed by atoms with Crippen molar-refractivity contribution < 1.29 is 18.3 Å². The van der Waals surface area contributed by atoms with E-state index in [1.165, 1.54) is 0 Å². The molecule has 1 atom stereocenters. The topological polar surface area (TPSA) is 83.5 Å². The molecule has 5 nitrogen and oxygen atoms in total. The summed E-state index contributed by atoms with van der Waals surface area (Å²) in [6.45, 7) is 1.94. The molecule has 0 aromatic heterocycles. The first-order chi connectivity index (χ1) is 15.3. The second kappa shape index (κ2) is 11.0. The summed E-state index contributed by atoms with van der Waals surface area (Å²) in [7, 11) is -3.69. The maximum absolute atomic E-state index is 12.7. The third kappa shape index (κ3) is 6.95. The predicted octanol–water partition coefficient (Wildman–Crippen LogP) is 5.45. The van der Waals surface area contributed by atoms with Crippen LogP contribution in [0.1, 0.15) is 36.0 Å². The molecule has 3 rings (SSSR count). The average molecular weight is 452 g/mol. The zero-order chi connectivity index (χ0) is 23.0. The fourth-order valence-electron chi connectivity index (χ4n) is 3.63. The molecular formula is C26H29NO4S. The Hall–Kier alpha value is -3.12. The molecule has 0 saturated carbocycles. The van der Waals surface area contributed by atoms with E-state index in [1.54, 1.807) is 30.3 Å². The van der Waals surface area contributed by atoms with Gasteiger partial charge in [-0.1, -0.05) is 60.2 Å². The number of rotatable bonds is 11. The van der Waals surface area contributed by atoms with Crippen molar-refractivity contribution in [2.75, 3.05) is 4.72 Å². The molecule has 0 amide bonds. The lowest BCUT2D eigenvalue weighted by molar-refractivity contribution is -0.142. The molecule has 1 unspecified atom stereocenters. The van der Waals surface area contributed by atoms with Crippen molar-refractivity contribution in [1.29, 1.82) is 0 Å². The molecule has 32 heavy (non-hydrogen) atoms. The number of hydrogen-bond acceptors (Lipinski definition) is 3. The highest BCUT2D eigenvalue weighted by Crippen LogP contribution is 2.21. The van der Waals surface area contributed by atoms with Gasteiger partial charge < -0.3 is 5.11 Å². The van der Waals surface area contributed by atoms with Crippen LogP contribution in [-0.4, -0.2) is 19.5 Å². The molecule has 3 aromatic rings. The quantitative estimate of drug-likeness (QED) is 0.406. The molecule has 0 aliphatic heterocycles. The van der Waals surface area contributed by atoms with Crippen molar-refractivity contribution in [3.63, 3.8) is 0 Å². The van der Waals surface area contributed by atoms with Gasteiger partial charge >= 0.3 is 5.97 Å². The van der Waals surface area contributed by atoms with Crippen LogP contribution >= 0.6 is 0 Å². The lowest BCUT2D eigenvalue weighted by Gasteiger charge is -2.13. The van der Waals surface area contributed by atoms with Crippen LogP contribution in [0.2, 0.25) is 0 Å². The Kier molecular flexibility index (Phi) is 8.06. The third-order valence-electron chi connectivity index (χ3n) is 5.50. The Morgan fingerprint density at radius 1 is 0.875 bits per heavy atom. The number of carboxylic acid groups (broad SMARTS) is 1. The van der Waals surface area contributed by atoms with E-state index < -0.39 is 21.9 Å². The van der Waals surface area contributed by atoms with Gasteiger partial charge in [-0.3, -0.25) is 9.52 Å². The van der Waals surface area contributed by atoms with Crippen LogP contribution in [0, 0.1) is 12.8 Å². The van der Waals surface area contributed by atoms with Crippen molar-refractivity contribution in [1.82, 2.24) is 0 Å². The third-order valence-corrected chi connectivity index (χ3v) is 6.88. The molecule has 6 heteroatoms. The van der Waals surface area contributed by atoms with Crippen LogP contribution in [-0.2, 0) is 27.7 Å². The Bertz CT molecular complexity index is 1130. The summed E-state index contributed by atoms with van der Waals surface area (Å²) >= 11 is 0. The lowest BCUT2D eigenvalue weighted by atomic mass is 9.93. The summed E-state index contributed by atoms with van der Waals surface area (Å²) in [6, 6.07) is 23.9. The number of carbonyl (C=O) groups is 1. The van der Waals surface area contributed by atoms with Crippen LogP contribution in [0.25, 0.3) is 0 Å². The highest BCUT2D eigenvalue weighted by molar-refractivity contribution is 7.92. The SMILES string of the molecule is Cc1ccc(NS(=O)(=O)c2cccc(CCCC(CCc3ccccc3)C(=O)O)c2)cc1. The van der Waals surface area contributed by atoms with Crippen molar-refractivity contribution in [2.45, 2.75) is 43.9 Å². The lowest BCUT2D eigenvalue weighted by Crippen LogP contribution is -2.15. The summed E-state index contributed by atoms with van der Waals surface area (Å²) in [6.07, 6.45) is 3.19. The molecule has 0 saturated heterocycles. The smallest absolute Gasteiger partial charge is 0.306 e. The second-order valence-corrected chi connectivity index (χ2v) is 9.75. The largest absolute Gasteiger partial charge is 0.481 e. The Morgan fingerprint density at radius 2 is 1.56 bits per heavy atom. The van der Waals surface area contributed by atoms with Crippen LogP contribution in [0.3, 0.4) is 0 Å². The molecule has 0 bridgehead atoms. The predicted molar refractivity (Wildman–Crippen MR) is 127 cm³/mol. The highest BCUT2D eigenvalue weighted by atomic mass is 32.2. The van der Waals surface area contributed by atoms with Crippen LogP contribution < -0.4 is 4.72 Å². The summed E-state index contributed by atoms with van der Waals surface area (Å²) in [5.41, 5.74) is 3.59. The molecule has 0 radical (unpaired) electrons. The number of nitrogens with one attached hydrogen (secondary N) is 1. The normalized spacial score (nSPS) is 12.3. The Labute approximate surface area is 190 Å². The molecule has 0 fully saturated rings. The van der Waals surface area contributed by atoms with Gasteiger partial charge in [0.15, 0.2) is 0 Å². The van der Waals surface area contributed by atoms with Gasteiger partial charge in [0, 0.05) is 5.69 Å². The van der Waals surface area contributed by atoms with E-state index in [0.717, 1.165) is 23.1 Å². The molecular weight excluding hydrogens is 422 g/mol. The first-order valence-electron chi connectivity index (χ1n) is 10.8.